The third kappa shape index (κ3) is 3.91. The molecule has 1 aromatic heterocycles. The summed E-state index contributed by atoms with van der Waals surface area (Å²) in [6.45, 7) is 6.30. The first-order valence-electron chi connectivity index (χ1n) is 12.1. The lowest BCUT2D eigenvalue weighted by Crippen LogP contribution is -2.56. The molecule has 33 heavy (non-hydrogen) atoms. The number of urea groups is 1. The quantitative estimate of drug-likeness (QED) is 0.555. The summed E-state index contributed by atoms with van der Waals surface area (Å²) in [7, 11) is 2.17. The number of carbonyl (C=O) groups excluding carboxylic acids is 1. The molecule has 3 N–H and O–H groups in total. The zero-order chi connectivity index (χ0) is 23.1. The number of likely N-dealkylation sites (tertiary alicyclic amines) is 1. The predicted molar refractivity (Wildman–Crippen MR) is 132 cm³/mol. The number of benzene rings is 2. The minimum Gasteiger partial charge on any atom is -0.384 e. The molecule has 6 nitrogen and oxygen atoms in total. The second kappa shape index (κ2) is 8.84. The molecule has 5 rings (SSSR count). The lowest BCUT2D eigenvalue weighted by atomic mass is 9.73. The number of aromatic amines is 1. The van der Waals surface area contributed by atoms with Gasteiger partial charge in [0.15, 0.2) is 0 Å². The number of rotatable bonds is 5. The number of fused-ring (bicyclic) bond motifs is 2. The third-order valence-corrected chi connectivity index (χ3v) is 7.63. The number of hydrogen-bond acceptors (Lipinski definition) is 3. The minimum absolute atomic E-state index is 0.0217. The number of aromatic nitrogens is 1. The van der Waals surface area contributed by atoms with Crippen molar-refractivity contribution in [1.82, 2.24) is 20.1 Å². The van der Waals surface area contributed by atoms with Gasteiger partial charge < -0.3 is 25.2 Å². The fourth-order valence-electron chi connectivity index (χ4n) is 5.90. The van der Waals surface area contributed by atoms with Crippen LogP contribution in [-0.2, 0) is 6.42 Å². The Morgan fingerprint density at radius 2 is 1.97 bits per heavy atom. The maximum Gasteiger partial charge on any atom is 0.317 e. The van der Waals surface area contributed by atoms with E-state index in [1.807, 2.05) is 49.1 Å². The van der Waals surface area contributed by atoms with Gasteiger partial charge in [0.1, 0.15) is 6.10 Å². The van der Waals surface area contributed by atoms with E-state index in [4.69, 9.17) is 0 Å². The number of aliphatic hydroxyl groups excluding tert-OH is 1. The van der Waals surface area contributed by atoms with E-state index in [0.717, 1.165) is 36.0 Å². The van der Waals surface area contributed by atoms with E-state index in [0.29, 0.717) is 25.0 Å². The van der Waals surface area contributed by atoms with Gasteiger partial charge in [-0.1, -0.05) is 36.4 Å². The Morgan fingerprint density at radius 1 is 1.21 bits per heavy atom. The van der Waals surface area contributed by atoms with Gasteiger partial charge in [-0.05, 0) is 62.1 Å². The molecule has 0 bridgehead atoms. The van der Waals surface area contributed by atoms with E-state index >= 15 is 0 Å². The molecule has 1 aliphatic heterocycles. The number of aliphatic hydroxyl groups is 1. The van der Waals surface area contributed by atoms with Crippen LogP contribution in [0.15, 0.2) is 48.7 Å². The molecule has 0 saturated carbocycles. The van der Waals surface area contributed by atoms with Gasteiger partial charge in [0, 0.05) is 54.7 Å². The van der Waals surface area contributed by atoms with Crippen molar-refractivity contribution in [2.75, 3.05) is 26.7 Å². The van der Waals surface area contributed by atoms with Crippen LogP contribution in [0.1, 0.15) is 54.5 Å². The van der Waals surface area contributed by atoms with Gasteiger partial charge in [-0.15, -0.1) is 0 Å². The number of likely N-dealkylation sites (N-methyl/N-ethyl adjacent to an activating group) is 1. The Morgan fingerprint density at radius 3 is 2.70 bits per heavy atom. The molecule has 4 atom stereocenters. The van der Waals surface area contributed by atoms with Gasteiger partial charge >= 0.3 is 6.03 Å². The van der Waals surface area contributed by atoms with Gasteiger partial charge in [0.25, 0.3) is 0 Å². The number of carbonyl (C=O) groups is 1. The van der Waals surface area contributed by atoms with Crippen LogP contribution in [0.4, 0.5) is 4.79 Å². The maximum absolute atomic E-state index is 12.7. The van der Waals surface area contributed by atoms with Crippen LogP contribution in [-0.4, -0.2) is 64.7 Å². The number of H-pyrrole nitrogens is 1. The molecule has 2 aliphatic rings. The van der Waals surface area contributed by atoms with Crippen molar-refractivity contribution in [2.24, 2.45) is 0 Å². The molecule has 2 aromatic carbocycles. The van der Waals surface area contributed by atoms with E-state index in [9.17, 15) is 9.90 Å². The molecule has 1 saturated heterocycles. The summed E-state index contributed by atoms with van der Waals surface area (Å²) in [5, 5.41) is 15.7. The normalized spacial score (nSPS) is 23.2. The molecule has 6 heteroatoms. The summed E-state index contributed by atoms with van der Waals surface area (Å²) < 4.78 is 0. The Balaban J connectivity index is 1.49. The highest BCUT2D eigenvalue weighted by molar-refractivity contribution is 5.89. The molecule has 2 amide bonds. The molecule has 1 unspecified atom stereocenters. The van der Waals surface area contributed by atoms with Crippen molar-refractivity contribution in [3.63, 3.8) is 0 Å². The number of piperidine rings is 1. The fraction of sp³-hybridized carbons (Fsp3) is 0.444. The Bertz CT molecular complexity index is 1140. The lowest BCUT2D eigenvalue weighted by Gasteiger charge is -2.46. The Labute approximate surface area is 195 Å². The number of hydrogen-bond donors (Lipinski definition) is 3. The first-order chi connectivity index (χ1) is 16.0. The van der Waals surface area contributed by atoms with Crippen molar-refractivity contribution < 1.29 is 9.90 Å². The highest BCUT2D eigenvalue weighted by Crippen LogP contribution is 2.44. The van der Waals surface area contributed by atoms with Crippen molar-refractivity contribution >= 4 is 16.9 Å². The van der Waals surface area contributed by atoms with Gasteiger partial charge in [-0.25, -0.2) is 4.79 Å². The Hall–Kier alpha value is -2.83. The first-order valence-corrected chi connectivity index (χ1v) is 12.1. The van der Waals surface area contributed by atoms with Crippen LogP contribution in [0.25, 0.3) is 10.9 Å². The van der Waals surface area contributed by atoms with Gasteiger partial charge in [0.2, 0.25) is 0 Å². The molecule has 3 aromatic rings. The molecule has 1 fully saturated rings. The summed E-state index contributed by atoms with van der Waals surface area (Å²) in [5.41, 5.74) is 5.53. The van der Waals surface area contributed by atoms with E-state index in [1.165, 1.54) is 16.5 Å². The van der Waals surface area contributed by atoms with Crippen LogP contribution >= 0.6 is 0 Å². The second-order valence-electron chi connectivity index (χ2n) is 9.53. The van der Waals surface area contributed by atoms with Crippen LogP contribution in [0, 0.1) is 0 Å². The summed E-state index contributed by atoms with van der Waals surface area (Å²) in [5.74, 6) is 0.305. The molecular formula is C27H34N4O2. The van der Waals surface area contributed by atoms with E-state index in [2.05, 4.69) is 40.6 Å². The zero-order valence-corrected chi connectivity index (χ0v) is 19.7. The third-order valence-electron chi connectivity index (χ3n) is 7.63. The molecule has 174 valence electrons. The van der Waals surface area contributed by atoms with Crippen molar-refractivity contribution in [2.45, 2.75) is 50.8 Å². The summed E-state index contributed by atoms with van der Waals surface area (Å²) in [6, 6.07) is 14.6. The van der Waals surface area contributed by atoms with E-state index < -0.39 is 6.10 Å². The van der Waals surface area contributed by atoms with Gasteiger partial charge in [-0.2, -0.15) is 0 Å². The smallest absolute Gasteiger partial charge is 0.317 e. The van der Waals surface area contributed by atoms with Crippen molar-refractivity contribution in [3.8, 4) is 0 Å². The van der Waals surface area contributed by atoms with E-state index in [1.54, 1.807) is 0 Å². The first kappa shape index (κ1) is 22.0. The Kier molecular flexibility index (Phi) is 5.89. The molecular weight excluding hydrogens is 412 g/mol. The number of nitrogens with zero attached hydrogens (tertiary/aromatic N) is 2. The summed E-state index contributed by atoms with van der Waals surface area (Å²) in [6.07, 6.45) is 3.38. The number of nitrogens with one attached hydrogen (secondary N) is 2. The molecule has 0 spiro atoms. The largest absolute Gasteiger partial charge is 0.384 e. The highest BCUT2D eigenvalue weighted by Gasteiger charge is 2.40. The van der Waals surface area contributed by atoms with E-state index in [-0.39, 0.29) is 12.1 Å². The van der Waals surface area contributed by atoms with Gasteiger partial charge in [0.05, 0.1) is 0 Å². The molecule has 1 aliphatic carbocycles. The van der Waals surface area contributed by atoms with Crippen molar-refractivity contribution in [1.29, 1.82) is 0 Å². The fourth-order valence-corrected chi connectivity index (χ4v) is 5.90. The summed E-state index contributed by atoms with van der Waals surface area (Å²) >= 11 is 0. The second-order valence-corrected chi connectivity index (χ2v) is 9.53. The van der Waals surface area contributed by atoms with Crippen molar-refractivity contribution in [3.05, 3.63) is 70.9 Å². The maximum atomic E-state index is 12.7. The van der Waals surface area contributed by atoms with Crippen LogP contribution in [0.5, 0.6) is 0 Å². The molecule has 0 radical (unpaired) electrons. The van der Waals surface area contributed by atoms with Gasteiger partial charge in [-0.3, -0.25) is 0 Å². The molecule has 2 heterocycles. The van der Waals surface area contributed by atoms with Crippen LogP contribution in [0.3, 0.4) is 0 Å². The lowest BCUT2D eigenvalue weighted by molar-refractivity contribution is 0.124. The monoisotopic (exact) mass is 446 g/mol. The highest BCUT2D eigenvalue weighted by atomic mass is 16.3. The SMILES string of the molecule is CCN(CC)C(=O)N[C@H]1C[C@@H]2c3cc(C(O)c4ccccc4)cc4[nH]cc(c34)C[C@H]2N(C)C1. The predicted octanol–water partition coefficient (Wildman–Crippen LogP) is 4.01. The zero-order valence-electron chi connectivity index (χ0n) is 19.7. The average molecular weight is 447 g/mol. The van der Waals surface area contributed by atoms with Crippen LogP contribution in [0.2, 0.25) is 0 Å². The minimum atomic E-state index is -0.668. The standard InChI is InChI=1S/C27H34N4O2/c1-4-31(5-2)27(33)29-20-14-21-22-11-18(26(32)17-9-7-6-8-10-17)12-23-25(22)19(15-28-23)13-24(21)30(3)16-20/h6-12,15,20-21,24,26,28,32H,4-5,13-14,16H2,1-3H3,(H,29,33)/t20-,21+,24+,26?/m0/s1. The van der Waals surface area contributed by atoms with Crippen LogP contribution < -0.4 is 5.32 Å². The number of amides is 2. The summed E-state index contributed by atoms with van der Waals surface area (Å²) in [4.78, 5) is 20.5. The average Bonchev–Trinajstić information content (AvgIpc) is 3.24. The topological polar surface area (TPSA) is 71.6 Å².